The minimum atomic E-state index is -4.15. The van der Waals surface area contributed by atoms with Crippen LogP contribution in [0.3, 0.4) is 0 Å². The van der Waals surface area contributed by atoms with Crippen molar-refractivity contribution in [3.05, 3.63) is 16.3 Å². The quantitative estimate of drug-likeness (QED) is 0.907. The zero-order chi connectivity index (χ0) is 15.5. The molecule has 1 unspecified atom stereocenters. The van der Waals surface area contributed by atoms with E-state index in [1.807, 2.05) is 0 Å². The Morgan fingerprint density at radius 1 is 1.23 bits per heavy atom. The highest BCUT2D eigenvalue weighted by molar-refractivity contribution is 7.16. The fourth-order valence-electron chi connectivity index (χ4n) is 2.96. The van der Waals surface area contributed by atoms with Gasteiger partial charge in [0.1, 0.15) is 0 Å². The smallest absolute Gasteiger partial charge is 0.390 e. The van der Waals surface area contributed by atoms with Crippen LogP contribution in [0.5, 0.6) is 0 Å². The Hall–Kier alpha value is -1.57. The summed E-state index contributed by atoms with van der Waals surface area (Å²) in [5, 5.41) is 4.43. The monoisotopic (exact) mass is 329 g/mol. The molecule has 2 aliphatic rings. The van der Waals surface area contributed by atoms with Crippen molar-refractivity contribution in [2.24, 2.45) is 5.92 Å². The molecular weight excluding hydrogens is 315 g/mol. The fraction of sp³-hybridized carbons (Fsp3) is 0.571. The number of hydrogen-bond acceptors (Lipinski definition) is 5. The number of halogens is 3. The van der Waals surface area contributed by atoms with E-state index in [1.54, 1.807) is 0 Å². The number of thiophene rings is 1. The van der Waals surface area contributed by atoms with Gasteiger partial charge in [-0.3, -0.25) is 0 Å². The van der Waals surface area contributed by atoms with Crippen LogP contribution in [0.4, 0.5) is 18.2 Å². The predicted octanol–water partition coefficient (Wildman–Crippen LogP) is 3.92. The summed E-state index contributed by atoms with van der Waals surface area (Å²) in [6, 6.07) is 0. The molecule has 2 heterocycles. The summed E-state index contributed by atoms with van der Waals surface area (Å²) < 4.78 is 44.0. The van der Waals surface area contributed by atoms with E-state index in [1.165, 1.54) is 11.3 Å². The lowest BCUT2D eigenvalue weighted by Crippen LogP contribution is -2.28. The minimum Gasteiger partial charge on any atom is -0.390 e. The van der Waals surface area contributed by atoms with E-state index < -0.39 is 12.1 Å². The number of rotatable bonds is 2. The molecule has 1 fully saturated rings. The number of nitrogens with zero attached hydrogens (tertiary/aromatic N) is 2. The average Bonchev–Trinajstić information content (AvgIpc) is 3.09. The van der Waals surface area contributed by atoms with Crippen molar-refractivity contribution >= 4 is 16.3 Å². The van der Waals surface area contributed by atoms with Crippen LogP contribution in [-0.2, 0) is 12.8 Å². The Labute approximate surface area is 128 Å². The molecule has 4 rings (SSSR count). The Morgan fingerprint density at radius 3 is 2.68 bits per heavy atom. The fourth-order valence-corrected chi connectivity index (χ4v) is 4.15. The number of nitrogen functional groups attached to an aromatic ring is 1. The summed E-state index contributed by atoms with van der Waals surface area (Å²) in [7, 11) is 0. The summed E-state index contributed by atoms with van der Waals surface area (Å²) in [5.74, 6) is 0.110. The van der Waals surface area contributed by atoms with Crippen molar-refractivity contribution in [3.8, 4) is 11.5 Å². The van der Waals surface area contributed by atoms with Gasteiger partial charge in [-0.2, -0.15) is 18.2 Å². The molecule has 0 spiro atoms. The number of aromatic nitrogens is 2. The maximum Gasteiger partial charge on any atom is 0.392 e. The number of anilines is 1. The third-order valence-corrected chi connectivity index (χ3v) is 5.44. The third kappa shape index (κ3) is 2.29. The van der Waals surface area contributed by atoms with Gasteiger partial charge in [-0.25, -0.2) is 0 Å². The molecule has 1 saturated carbocycles. The normalized spacial score (nSPS) is 21.9. The maximum absolute atomic E-state index is 12.9. The Balaban J connectivity index is 1.68. The molecule has 8 heteroatoms. The van der Waals surface area contributed by atoms with Gasteiger partial charge in [0.25, 0.3) is 5.89 Å². The van der Waals surface area contributed by atoms with E-state index in [0.717, 1.165) is 18.4 Å². The highest BCUT2D eigenvalue weighted by Crippen LogP contribution is 2.47. The van der Waals surface area contributed by atoms with Gasteiger partial charge < -0.3 is 10.3 Å². The van der Waals surface area contributed by atoms with Crippen molar-refractivity contribution < 1.29 is 17.7 Å². The number of nitrogens with two attached hydrogens (primary N) is 1. The van der Waals surface area contributed by atoms with Crippen LogP contribution >= 0.6 is 11.3 Å². The van der Waals surface area contributed by atoms with Crippen molar-refractivity contribution in [3.63, 3.8) is 0 Å². The average molecular weight is 329 g/mol. The van der Waals surface area contributed by atoms with Gasteiger partial charge in [0.2, 0.25) is 0 Å². The number of alkyl halides is 3. The molecule has 0 bridgehead atoms. The molecule has 1 atom stereocenters. The van der Waals surface area contributed by atoms with Crippen molar-refractivity contribution in [1.29, 1.82) is 0 Å². The Morgan fingerprint density at radius 2 is 2.00 bits per heavy atom. The van der Waals surface area contributed by atoms with Crippen molar-refractivity contribution in [1.82, 2.24) is 10.1 Å². The molecule has 22 heavy (non-hydrogen) atoms. The van der Waals surface area contributed by atoms with E-state index >= 15 is 0 Å². The molecule has 2 N–H and O–H groups in total. The standard InChI is InChI=1S/C14H14F3N3OS/c15-14(16,17)7-3-4-8-9(5-7)22-11(18)10(8)13-19-12(20-21-13)6-1-2-6/h6-7H,1-5,18H2. The number of fused-ring (bicyclic) bond motifs is 1. The van der Waals surface area contributed by atoms with Gasteiger partial charge in [-0.05, 0) is 37.7 Å². The summed E-state index contributed by atoms with van der Waals surface area (Å²) in [5.41, 5.74) is 7.53. The molecule has 118 valence electrons. The van der Waals surface area contributed by atoms with Gasteiger partial charge in [0, 0.05) is 10.8 Å². The van der Waals surface area contributed by atoms with Crippen LogP contribution in [0.1, 0.15) is 41.4 Å². The molecular formula is C14H14F3N3OS. The third-order valence-electron chi connectivity index (χ3n) is 4.35. The van der Waals surface area contributed by atoms with Crippen LogP contribution in [0.25, 0.3) is 11.5 Å². The van der Waals surface area contributed by atoms with Crippen LogP contribution in [0.15, 0.2) is 4.52 Å². The molecule has 0 amide bonds. The first kappa shape index (κ1) is 14.0. The van der Waals surface area contributed by atoms with Crippen molar-refractivity contribution in [2.75, 3.05) is 5.73 Å². The lowest BCUT2D eigenvalue weighted by molar-refractivity contribution is -0.176. The zero-order valence-electron chi connectivity index (χ0n) is 11.6. The van der Waals surface area contributed by atoms with Gasteiger partial charge in [-0.1, -0.05) is 5.16 Å². The second kappa shape index (κ2) is 4.71. The first-order valence-corrected chi connectivity index (χ1v) is 8.06. The first-order chi connectivity index (χ1) is 10.4. The summed E-state index contributed by atoms with van der Waals surface area (Å²) >= 11 is 1.21. The molecule has 2 aliphatic carbocycles. The van der Waals surface area contributed by atoms with E-state index in [9.17, 15) is 13.2 Å². The number of hydrogen-bond donors (Lipinski definition) is 1. The molecule has 0 aromatic carbocycles. The maximum atomic E-state index is 12.9. The van der Waals surface area contributed by atoms with E-state index in [2.05, 4.69) is 10.1 Å². The summed E-state index contributed by atoms with van der Waals surface area (Å²) in [6.45, 7) is 0. The lowest BCUT2D eigenvalue weighted by atomic mass is 9.86. The first-order valence-electron chi connectivity index (χ1n) is 7.24. The Bertz CT molecular complexity index is 717. The topological polar surface area (TPSA) is 64.9 Å². The summed E-state index contributed by atoms with van der Waals surface area (Å²) in [6.07, 6.45) is -1.60. The highest BCUT2D eigenvalue weighted by Gasteiger charge is 2.43. The largest absolute Gasteiger partial charge is 0.392 e. The van der Waals surface area contributed by atoms with Crippen LogP contribution < -0.4 is 5.73 Å². The van der Waals surface area contributed by atoms with E-state index in [0.29, 0.717) is 39.5 Å². The SMILES string of the molecule is Nc1sc2c(c1-c1nc(C3CC3)no1)CCC(C(F)(F)F)C2. The highest BCUT2D eigenvalue weighted by atomic mass is 32.1. The molecule has 4 nitrogen and oxygen atoms in total. The van der Waals surface area contributed by atoms with Gasteiger partial charge >= 0.3 is 6.18 Å². The summed E-state index contributed by atoms with van der Waals surface area (Å²) in [4.78, 5) is 5.08. The van der Waals surface area contributed by atoms with Gasteiger partial charge in [-0.15, -0.1) is 11.3 Å². The molecule has 2 aromatic heterocycles. The van der Waals surface area contributed by atoms with Crippen LogP contribution in [-0.4, -0.2) is 16.3 Å². The van der Waals surface area contributed by atoms with E-state index in [-0.39, 0.29) is 12.8 Å². The predicted molar refractivity (Wildman–Crippen MR) is 75.6 cm³/mol. The molecule has 0 saturated heterocycles. The van der Waals surface area contributed by atoms with Gasteiger partial charge in [0.05, 0.1) is 16.5 Å². The molecule has 2 aromatic rings. The van der Waals surface area contributed by atoms with Gasteiger partial charge in [0.15, 0.2) is 5.82 Å². The minimum absolute atomic E-state index is 0.00266. The van der Waals surface area contributed by atoms with Crippen LogP contribution in [0, 0.1) is 5.92 Å². The van der Waals surface area contributed by atoms with Crippen LogP contribution in [0.2, 0.25) is 0 Å². The molecule has 0 aliphatic heterocycles. The lowest BCUT2D eigenvalue weighted by Gasteiger charge is -2.24. The van der Waals surface area contributed by atoms with E-state index in [4.69, 9.17) is 10.3 Å². The molecule has 0 radical (unpaired) electrons. The van der Waals surface area contributed by atoms with Crippen molar-refractivity contribution in [2.45, 2.75) is 44.2 Å². The Kier molecular flexibility index (Phi) is 3.01. The second-order valence-electron chi connectivity index (χ2n) is 5.96. The second-order valence-corrected chi connectivity index (χ2v) is 7.09. The zero-order valence-corrected chi connectivity index (χ0v) is 12.4.